The molecule has 2 rings (SSSR count). The topological polar surface area (TPSA) is 54.2 Å². The van der Waals surface area contributed by atoms with E-state index in [0.717, 1.165) is 32.0 Å². The van der Waals surface area contributed by atoms with Crippen LogP contribution in [0.4, 0.5) is 0 Å². The zero-order valence-electron chi connectivity index (χ0n) is 10.8. The van der Waals surface area contributed by atoms with Gasteiger partial charge in [0, 0.05) is 26.1 Å². The average Bonchev–Trinajstić information content (AvgIpc) is 2.74. The minimum absolute atomic E-state index is 0.652. The zero-order chi connectivity index (χ0) is 12.1. The number of hydrogen-bond donors (Lipinski definition) is 1. The Morgan fingerprint density at radius 1 is 1.41 bits per heavy atom. The summed E-state index contributed by atoms with van der Waals surface area (Å²) in [4.78, 5) is 6.64. The highest BCUT2D eigenvalue weighted by molar-refractivity contribution is 4.86. The van der Waals surface area contributed by atoms with E-state index in [1.54, 1.807) is 0 Å². The first-order valence-corrected chi connectivity index (χ1v) is 6.53. The molecule has 5 heteroatoms. The van der Waals surface area contributed by atoms with E-state index in [1.807, 2.05) is 6.92 Å². The monoisotopic (exact) mass is 238 g/mol. The first-order valence-electron chi connectivity index (χ1n) is 6.53. The first kappa shape index (κ1) is 12.5. The van der Waals surface area contributed by atoms with Gasteiger partial charge < -0.3 is 9.84 Å². The number of rotatable bonds is 5. The Kier molecular flexibility index (Phi) is 4.50. The van der Waals surface area contributed by atoms with Crippen molar-refractivity contribution in [2.45, 2.75) is 45.7 Å². The first-order chi connectivity index (χ1) is 8.28. The molecule has 0 unspecified atom stereocenters. The fraction of sp³-hybridized carbons (Fsp3) is 0.833. The molecule has 17 heavy (non-hydrogen) atoms. The van der Waals surface area contributed by atoms with Gasteiger partial charge in [0.05, 0.1) is 6.54 Å². The number of piperidine rings is 1. The van der Waals surface area contributed by atoms with Gasteiger partial charge in [-0.2, -0.15) is 4.98 Å². The Labute approximate surface area is 103 Å². The molecule has 0 saturated carbocycles. The summed E-state index contributed by atoms with van der Waals surface area (Å²) in [7, 11) is 0. The predicted octanol–water partition coefficient (Wildman–Crippen LogP) is 1.34. The molecule has 1 aliphatic rings. The van der Waals surface area contributed by atoms with Crippen molar-refractivity contribution in [2.24, 2.45) is 0 Å². The summed E-state index contributed by atoms with van der Waals surface area (Å²) in [5.74, 6) is 1.46. The molecule has 0 bridgehead atoms. The minimum atomic E-state index is 0.652. The molecule has 0 aromatic carbocycles. The Hall–Kier alpha value is -0.940. The molecular formula is C12H22N4O. The van der Waals surface area contributed by atoms with Gasteiger partial charge in [0.1, 0.15) is 0 Å². The van der Waals surface area contributed by atoms with Gasteiger partial charge in [-0.1, -0.05) is 12.1 Å². The van der Waals surface area contributed by atoms with E-state index in [9.17, 15) is 0 Å². The van der Waals surface area contributed by atoms with E-state index >= 15 is 0 Å². The van der Waals surface area contributed by atoms with Crippen LogP contribution in [0.25, 0.3) is 0 Å². The van der Waals surface area contributed by atoms with Gasteiger partial charge in [-0.25, -0.2) is 0 Å². The van der Waals surface area contributed by atoms with E-state index in [-0.39, 0.29) is 0 Å². The lowest BCUT2D eigenvalue weighted by molar-refractivity contribution is 0.185. The van der Waals surface area contributed by atoms with Gasteiger partial charge in [-0.15, -0.1) is 0 Å². The number of nitrogens with one attached hydrogen (secondary N) is 1. The van der Waals surface area contributed by atoms with Crippen molar-refractivity contribution in [1.82, 2.24) is 20.4 Å². The van der Waals surface area contributed by atoms with Crippen molar-refractivity contribution in [3.8, 4) is 0 Å². The predicted molar refractivity (Wildman–Crippen MR) is 65.6 cm³/mol. The van der Waals surface area contributed by atoms with Gasteiger partial charge in [0.2, 0.25) is 5.89 Å². The highest BCUT2D eigenvalue weighted by Gasteiger charge is 2.19. The smallest absolute Gasteiger partial charge is 0.223 e. The van der Waals surface area contributed by atoms with Crippen molar-refractivity contribution in [1.29, 1.82) is 0 Å². The van der Waals surface area contributed by atoms with Crippen LogP contribution < -0.4 is 5.32 Å². The van der Waals surface area contributed by atoms with Crippen LogP contribution in [-0.4, -0.2) is 40.7 Å². The van der Waals surface area contributed by atoms with E-state index in [1.165, 1.54) is 19.3 Å². The maximum absolute atomic E-state index is 4.98. The van der Waals surface area contributed by atoms with Gasteiger partial charge in [0.25, 0.3) is 0 Å². The van der Waals surface area contributed by atoms with E-state index < -0.39 is 0 Å². The molecule has 0 aliphatic carbocycles. The third kappa shape index (κ3) is 3.78. The van der Waals surface area contributed by atoms with Gasteiger partial charge in [-0.3, -0.25) is 4.90 Å². The van der Waals surface area contributed by atoms with Crippen molar-refractivity contribution >= 4 is 0 Å². The average molecular weight is 238 g/mol. The van der Waals surface area contributed by atoms with E-state index in [0.29, 0.717) is 11.9 Å². The lowest BCUT2D eigenvalue weighted by Crippen LogP contribution is -2.42. The van der Waals surface area contributed by atoms with E-state index in [2.05, 4.69) is 27.3 Å². The lowest BCUT2D eigenvalue weighted by Gasteiger charge is -2.31. The molecular weight excluding hydrogens is 216 g/mol. The molecule has 0 radical (unpaired) electrons. The molecule has 1 aromatic heterocycles. The van der Waals surface area contributed by atoms with Gasteiger partial charge in [0.15, 0.2) is 5.82 Å². The summed E-state index contributed by atoms with van der Waals surface area (Å²) in [6.45, 7) is 8.23. The molecule has 1 saturated heterocycles. The standard InChI is InChI=1S/C12H22N4O/c1-3-6-13-11-4-7-16(8-5-11)9-12-14-10(2)17-15-12/h11,13H,3-9H2,1-2H3. The second-order valence-electron chi connectivity index (χ2n) is 4.73. The maximum Gasteiger partial charge on any atom is 0.223 e. The number of likely N-dealkylation sites (tertiary alicyclic amines) is 1. The molecule has 5 nitrogen and oxygen atoms in total. The SMILES string of the molecule is CCCNC1CCN(Cc2noc(C)n2)CC1. The molecule has 1 aliphatic heterocycles. The van der Waals surface area contributed by atoms with Crippen LogP contribution in [0.2, 0.25) is 0 Å². The van der Waals surface area contributed by atoms with Crippen LogP contribution in [0.1, 0.15) is 37.9 Å². The van der Waals surface area contributed by atoms with Crippen molar-refractivity contribution in [3.63, 3.8) is 0 Å². The number of aromatic nitrogens is 2. The fourth-order valence-electron chi connectivity index (χ4n) is 2.25. The summed E-state index contributed by atoms with van der Waals surface area (Å²) in [5.41, 5.74) is 0. The summed E-state index contributed by atoms with van der Waals surface area (Å²) in [6.07, 6.45) is 3.65. The number of hydrogen-bond acceptors (Lipinski definition) is 5. The highest BCUT2D eigenvalue weighted by atomic mass is 16.5. The van der Waals surface area contributed by atoms with Crippen LogP contribution in [0.3, 0.4) is 0 Å². The summed E-state index contributed by atoms with van der Waals surface area (Å²) < 4.78 is 4.98. The molecule has 96 valence electrons. The van der Waals surface area contributed by atoms with Gasteiger partial charge in [-0.05, 0) is 25.8 Å². The number of aryl methyl sites for hydroxylation is 1. The van der Waals surface area contributed by atoms with Crippen LogP contribution in [0.5, 0.6) is 0 Å². The van der Waals surface area contributed by atoms with Crippen molar-refractivity contribution in [3.05, 3.63) is 11.7 Å². The Morgan fingerprint density at radius 3 is 2.76 bits per heavy atom. The van der Waals surface area contributed by atoms with Gasteiger partial charge >= 0.3 is 0 Å². The minimum Gasteiger partial charge on any atom is -0.340 e. The van der Waals surface area contributed by atoms with Crippen LogP contribution in [-0.2, 0) is 6.54 Å². The molecule has 2 heterocycles. The second kappa shape index (κ2) is 6.12. The Morgan fingerprint density at radius 2 is 2.18 bits per heavy atom. The van der Waals surface area contributed by atoms with E-state index in [4.69, 9.17) is 4.52 Å². The highest BCUT2D eigenvalue weighted by Crippen LogP contribution is 2.12. The summed E-state index contributed by atoms with van der Waals surface area (Å²) in [5, 5.41) is 7.52. The molecule has 0 atom stereocenters. The molecule has 0 amide bonds. The fourth-order valence-corrected chi connectivity index (χ4v) is 2.25. The summed E-state index contributed by atoms with van der Waals surface area (Å²) >= 11 is 0. The Balaban J connectivity index is 1.72. The largest absolute Gasteiger partial charge is 0.340 e. The second-order valence-corrected chi connectivity index (χ2v) is 4.73. The lowest BCUT2D eigenvalue weighted by atomic mass is 10.1. The van der Waals surface area contributed by atoms with Crippen LogP contribution in [0, 0.1) is 6.92 Å². The molecule has 1 fully saturated rings. The molecule has 1 N–H and O–H groups in total. The van der Waals surface area contributed by atoms with Crippen molar-refractivity contribution in [2.75, 3.05) is 19.6 Å². The quantitative estimate of drug-likeness (QED) is 0.839. The Bertz CT molecular complexity index is 331. The molecule has 0 spiro atoms. The third-order valence-electron chi connectivity index (χ3n) is 3.21. The van der Waals surface area contributed by atoms with Crippen LogP contribution in [0.15, 0.2) is 4.52 Å². The summed E-state index contributed by atoms with van der Waals surface area (Å²) in [6, 6.07) is 0.693. The maximum atomic E-state index is 4.98. The zero-order valence-corrected chi connectivity index (χ0v) is 10.8. The third-order valence-corrected chi connectivity index (χ3v) is 3.21. The number of nitrogens with zero attached hydrogens (tertiary/aromatic N) is 3. The normalized spacial score (nSPS) is 18.7. The molecule has 1 aromatic rings. The van der Waals surface area contributed by atoms with Crippen molar-refractivity contribution < 1.29 is 4.52 Å². The van der Waals surface area contributed by atoms with Crippen LogP contribution >= 0.6 is 0 Å².